The number of hydrogen-bond donors (Lipinski definition) is 1. The number of nitrogens with one attached hydrogen (secondary N) is 1. The zero-order valence-electron chi connectivity index (χ0n) is 14.4. The van der Waals surface area contributed by atoms with Gasteiger partial charge in [-0.25, -0.2) is 0 Å². The van der Waals surface area contributed by atoms with Crippen molar-refractivity contribution in [3.63, 3.8) is 0 Å². The molecule has 1 heterocycles. The largest absolute Gasteiger partial charge is 0.379 e. The summed E-state index contributed by atoms with van der Waals surface area (Å²) in [6.07, 6.45) is 0. The van der Waals surface area contributed by atoms with Crippen molar-refractivity contribution in [1.29, 1.82) is 0 Å². The molecule has 0 spiro atoms. The highest BCUT2D eigenvalue weighted by Crippen LogP contribution is 2.19. The summed E-state index contributed by atoms with van der Waals surface area (Å²) in [5.74, 6) is 0.104. The van der Waals surface area contributed by atoms with Gasteiger partial charge < -0.3 is 10.1 Å². The van der Waals surface area contributed by atoms with Crippen LogP contribution in [0.3, 0.4) is 0 Å². The summed E-state index contributed by atoms with van der Waals surface area (Å²) in [6.45, 7) is 9.56. The van der Waals surface area contributed by atoms with Crippen molar-refractivity contribution < 1.29 is 14.5 Å². The third-order valence-electron chi connectivity index (χ3n) is 4.42. The van der Waals surface area contributed by atoms with Crippen molar-refractivity contribution in [3.8, 4) is 0 Å². The van der Waals surface area contributed by atoms with Crippen molar-refractivity contribution in [3.05, 3.63) is 39.4 Å². The molecule has 1 fully saturated rings. The minimum Gasteiger partial charge on any atom is -0.379 e. The minimum atomic E-state index is -0.462. The fourth-order valence-corrected chi connectivity index (χ4v) is 2.94. The summed E-state index contributed by atoms with van der Waals surface area (Å²) >= 11 is 0. The fourth-order valence-electron chi connectivity index (χ4n) is 2.94. The first-order valence-electron chi connectivity index (χ1n) is 8.25. The lowest BCUT2D eigenvalue weighted by atomic mass is 10.0. The van der Waals surface area contributed by atoms with Gasteiger partial charge in [0.1, 0.15) is 0 Å². The van der Waals surface area contributed by atoms with Gasteiger partial charge in [-0.05, 0) is 18.9 Å². The molecule has 1 saturated heterocycles. The normalized spacial score (nSPS) is 16.8. The first-order valence-corrected chi connectivity index (χ1v) is 8.25. The summed E-state index contributed by atoms with van der Waals surface area (Å²) in [7, 11) is 0. The molecule has 1 aliphatic heterocycles. The Morgan fingerprint density at radius 3 is 2.62 bits per heavy atom. The Balaban J connectivity index is 2.02. The molecule has 1 unspecified atom stereocenters. The van der Waals surface area contributed by atoms with Crippen LogP contribution < -0.4 is 5.32 Å². The minimum absolute atomic E-state index is 0.0313. The van der Waals surface area contributed by atoms with Crippen LogP contribution in [-0.2, 0) is 4.74 Å². The van der Waals surface area contributed by atoms with Gasteiger partial charge in [0.05, 0.1) is 18.1 Å². The highest BCUT2D eigenvalue weighted by Gasteiger charge is 2.24. The Morgan fingerprint density at radius 1 is 1.38 bits per heavy atom. The number of hydrogen-bond acceptors (Lipinski definition) is 5. The predicted octanol–water partition coefficient (Wildman–Crippen LogP) is 1.99. The molecule has 1 amide bonds. The Labute approximate surface area is 142 Å². The van der Waals surface area contributed by atoms with Gasteiger partial charge in [0, 0.05) is 42.9 Å². The molecule has 1 atom stereocenters. The van der Waals surface area contributed by atoms with Crippen LogP contribution in [0.1, 0.15) is 29.8 Å². The summed E-state index contributed by atoms with van der Waals surface area (Å²) in [6, 6.07) is 4.79. The summed E-state index contributed by atoms with van der Waals surface area (Å²) in [5.41, 5.74) is 0.831. The van der Waals surface area contributed by atoms with Gasteiger partial charge in [-0.15, -0.1) is 0 Å². The van der Waals surface area contributed by atoms with Crippen LogP contribution in [0.5, 0.6) is 0 Å². The number of morpholine rings is 1. The lowest BCUT2D eigenvalue weighted by molar-refractivity contribution is -0.385. The number of amides is 1. The van der Waals surface area contributed by atoms with Crippen molar-refractivity contribution in [1.82, 2.24) is 10.2 Å². The molecule has 1 aromatic carbocycles. The summed E-state index contributed by atoms with van der Waals surface area (Å²) in [4.78, 5) is 25.2. The van der Waals surface area contributed by atoms with Crippen LogP contribution in [0.4, 0.5) is 5.69 Å². The number of carbonyl (C=O) groups excluding carboxylic acids is 1. The SMILES string of the molecule is Cc1ccc(C(=O)NCC(C(C)C)N2CCOCC2)cc1[N+](=O)[O-]. The van der Waals surface area contributed by atoms with E-state index in [0.29, 0.717) is 36.8 Å². The van der Waals surface area contributed by atoms with Gasteiger partial charge in [0.2, 0.25) is 0 Å². The molecule has 0 aliphatic carbocycles. The number of nitrogens with zero attached hydrogens (tertiary/aromatic N) is 2. The highest BCUT2D eigenvalue weighted by molar-refractivity contribution is 5.95. The number of nitro benzene ring substituents is 1. The van der Waals surface area contributed by atoms with Gasteiger partial charge in [0.25, 0.3) is 11.6 Å². The van der Waals surface area contributed by atoms with Crippen LogP contribution in [-0.4, -0.2) is 54.6 Å². The molecular weight excluding hydrogens is 310 g/mol. The Morgan fingerprint density at radius 2 is 2.04 bits per heavy atom. The van der Waals surface area contributed by atoms with Crippen molar-refractivity contribution in [2.75, 3.05) is 32.8 Å². The fraction of sp³-hybridized carbons (Fsp3) is 0.588. The van der Waals surface area contributed by atoms with E-state index in [1.165, 1.54) is 6.07 Å². The standard InChI is InChI=1S/C17H25N3O4/c1-12(2)16(19-6-8-24-9-7-19)11-18-17(21)14-5-4-13(3)15(10-14)20(22)23/h4-5,10,12,16H,6-9,11H2,1-3H3,(H,18,21). The van der Waals surface area contributed by atoms with Gasteiger partial charge in [-0.2, -0.15) is 0 Å². The average Bonchev–Trinajstić information content (AvgIpc) is 2.55. The van der Waals surface area contributed by atoms with E-state index in [-0.39, 0.29) is 17.6 Å². The molecule has 2 rings (SSSR count). The third kappa shape index (κ3) is 4.52. The molecule has 7 nitrogen and oxygen atoms in total. The van der Waals surface area contributed by atoms with Crippen molar-refractivity contribution in [2.45, 2.75) is 26.8 Å². The van der Waals surface area contributed by atoms with Gasteiger partial charge in [0.15, 0.2) is 0 Å². The number of carbonyl (C=O) groups is 1. The number of nitro groups is 1. The van der Waals surface area contributed by atoms with E-state index in [9.17, 15) is 14.9 Å². The molecule has 0 bridgehead atoms. The zero-order valence-corrected chi connectivity index (χ0v) is 14.4. The van der Waals surface area contributed by atoms with E-state index in [1.807, 2.05) is 0 Å². The Hall–Kier alpha value is -1.99. The monoisotopic (exact) mass is 335 g/mol. The molecule has 0 saturated carbocycles. The van der Waals surface area contributed by atoms with E-state index in [4.69, 9.17) is 4.74 Å². The highest BCUT2D eigenvalue weighted by atomic mass is 16.6. The van der Waals surface area contributed by atoms with E-state index >= 15 is 0 Å². The smallest absolute Gasteiger partial charge is 0.273 e. The zero-order chi connectivity index (χ0) is 17.7. The van der Waals surface area contributed by atoms with Crippen LogP contribution in [0.15, 0.2) is 18.2 Å². The first kappa shape index (κ1) is 18.4. The second-order valence-corrected chi connectivity index (χ2v) is 6.43. The molecule has 0 radical (unpaired) electrons. The molecular formula is C17H25N3O4. The number of rotatable bonds is 6. The molecule has 24 heavy (non-hydrogen) atoms. The molecule has 7 heteroatoms. The average molecular weight is 335 g/mol. The maximum atomic E-state index is 12.4. The van der Waals surface area contributed by atoms with Crippen molar-refractivity contribution in [2.24, 2.45) is 5.92 Å². The second-order valence-electron chi connectivity index (χ2n) is 6.43. The lowest BCUT2D eigenvalue weighted by Gasteiger charge is -2.36. The lowest BCUT2D eigenvalue weighted by Crippen LogP contribution is -2.51. The van der Waals surface area contributed by atoms with E-state index in [1.54, 1.807) is 19.1 Å². The molecule has 0 aromatic heterocycles. The quantitative estimate of drug-likeness (QED) is 0.635. The van der Waals surface area contributed by atoms with Gasteiger partial charge in [-0.3, -0.25) is 19.8 Å². The Kier molecular flexibility index (Phi) is 6.28. The van der Waals surface area contributed by atoms with Crippen LogP contribution >= 0.6 is 0 Å². The predicted molar refractivity (Wildman–Crippen MR) is 91.2 cm³/mol. The topological polar surface area (TPSA) is 84.7 Å². The van der Waals surface area contributed by atoms with Gasteiger partial charge >= 0.3 is 0 Å². The molecule has 1 N–H and O–H groups in total. The number of ether oxygens (including phenoxy) is 1. The first-order chi connectivity index (χ1) is 11.4. The van der Waals surface area contributed by atoms with E-state index in [0.717, 1.165) is 13.1 Å². The second kappa shape index (κ2) is 8.21. The van der Waals surface area contributed by atoms with Crippen LogP contribution in [0.2, 0.25) is 0 Å². The maximum Gasteiger partial charge on any atom is 0.273 e. The third-order valence-corrected chi connectivity index (χ3v) is 4.42. The van der Waals surface area contributed by atoms with Crippen molar-refractivity contribution >= 4 is 11.6 Å². The van der Waals surface area contributed by atoms with E-state index < -0.39 is 4.92 Å². The van der Waals surface area contributed by atoms with E-state index in [2.05, 4.69) is 24.1 Å². The van der Waals surface area contributed by atoms with Crippen LogP contribution in [0.25, 0.3) is 0 Å². The molecule has 1 aliphatic rings. The Bertz CT molecular complexity index is 597. The van der Waals surface area contributed by atoms with Crippen LogP contribution in [0, 0.1) is 23.0 Å². The number of benzene rings is 1. The number of aryl methyl sites for hydroxylation is 1. The summed E-state index contributed by atoms with van der Waals surface area (Å²) < 4.78 is 5.38. The molecule has 1 aromatic rings. The molecule has 132 valence electrons. The maximum absolute atomic E-state index is 12.4. The summed E-state index contributed by atoms with van der Waals surface area (Å²) in [5, 5.41) is 13.9. The van der Waals surface area contributed by atoms with Gasteiger partial charge in [-0.1, -0.05) is 19.9 Å².